The molecule has 110 valence electrons. The van der Waals surface area contributed by atoms with E-state index < -0.39 is 0 Å². The zero-order valence-electron chi connectivity index (χ0n) is 12.3. The molecule has 0 aromatic carbocycles. The lowest BCUT2D eigenvalue weighted by atomic mass is 9.81. The Labute approximate surface area is 117 Å². The molecule has 2 aliphatic carbocycles. The van der Waals surface area contributed by atoms with Crippen molar-refractivity contribution in [3.63, 3.8) is 0 Å². The van der Waals surface area contributed by atoms with Gasteiger partial charge in [-0.3, -0.25) is 4.90 Å². The summed E-state index contributed by atoms with van der Waals surface area (Å²) in [7, 11) is 0. The van der Waals surface area contributed by atoms with Crippen molar-refractivity contribution in [1.29, 1.82) is 0 Å². The van der Waals surface area contributed by atoms with Crippen molar-refractivity contribution in [1.82, 2.24) is 4.90 Å². The molecule has 3 rings (SSSR count). The van der Waals surface area contributed by atoms with Gasteiger partial charge in [-0.05, 0) is 44.4 Å². The molecule has 0 aromatic rings. The van der Waals surface area contributed by atoms with E-state index in [2.05, 4.69) is 11.8 Å². The summed E-state index contributed by atoms with van der Waals surface area (Å²) in [4.78, 5) is 2.74. The van der Waals surface area contributed by atoms with E-state index in [0.717, 1.165) is 37.8 Å². The molecule has 1 heterocycles. The van der Waals surface area contributed by atoms with E-state index in [1.54, 1.807) is 0 Å². The fraction of sp³-hybridized carbons (Fsp3) is 1.00. The van der Waals surface area contributed by atoms with Crippen LogP contribution < -0.4 is 0 Å². The van der Waals surface area contributed by atoms with Gasteiger partial charge in [0.1, 0.15) is 0 Å². The average Bonchev–Trinajstić information content (AvgIpc) is 3.23. The second kappa shape index (κ2) is 5.71. The lowest BCUT2D eigenvalue weighted by Crippen LogP contribution is -2.56. The molecule has 3 fully saturated rings. The fourth-order valence-corrected chi connectivity index (χ4v) is 3.86. The quantitative estimate of drug-likeness (QED) is 0.802. The first-order valence-corrected chi connectivity index (χ1v) is 8.21. The molecule has 1 aliphatic heterocycles. The molecule has 19 heavy (non-hydrogen) atoms. The third-order valence-corrected chi connectivity index (χ3v) is 5.55. The van der Waals surface area contributed by atoms with Gasteiger partial charge in [0.05, 0.1) is 25.2 Å². The molecule has 0 bridgehead atoms. The largest absolute Gasteiger partial charge is 0.396 e. The van der Waals surface area contributed by atoms with Crippen molar-refractivity contribution in [2.45, 2.75) is 64.0 Å². The van der Waals surface area contributed by atoms with Crippen LogP contribution in [-0.2, 0) is 4.74 Å². The van der Waals surface area contributed by atoms with Crippen LogP contribution in [0.15, 0.2) is 0 Å². The third-order valence-electron chi connectivity index (χ3n) is 5.55. The lowest BCUT2D eigenvalue weighted by molar-refractivity contribution is -0.153. The van der Waals surface area contributed by atoms with Gasteiger partial charge in [-0.2, -0.15) is 0 Å². The minimum Gasteiger partial charge on any atom is -0.396 e. The van der Waals surface area contributed by atoms with E-state index in [9.17, 15) is 5.11 Å². The van der Waals surface area contributed by atoms with Gasteiger partial charge < -0.3 is 9.84 Å². The van der Waals surface area contributed by atoms with Crippen LogP contribution in [0.1, 0.15) is 51.9 Å². The molecule has 0 atom stereocenters. The van der Waals surface area contributed by atoms with Crippen LogP contribution in [0, 0.1) is 11.3 Å². The molecular formula is C16H29NO2. The highest BCUT2D eigenvalue weighted by atomic mass is 16.5. The first-order chi connectivity index (χ1) is 9.26. The summed E-state index contributed by atoms with van der Waals surface area (Å²) >= 11 is 0. The molecule has 0 amide bonds. The van der Waals surface area contributed by atoms with E-state index in [1.165, 1.54) is 44.9 Å². The maximum absolute atomic E-state index is 9.66. The summed E-state index contributed by atoms with van der Waals surface area (Å²) in [6.07, 6.45) is 9.66. The Kier molecular flexibility index (Phi) is 4.16. The number of ether oxygens (including phenoxy) is 1. The normalized spacial score (nSPS) is 34.3. The molecule has 3 nitrogen and oxygen atoms in total. The molecule has 0 spiro atoms. The van der Waals surface area contributed by atoms with Crippen molar-refractivity contribution in [3.05, 3.63) is 0 Å². The SMILES string of the molecule is CCC1CCC(N(CC2(CO)COC2)C2CC2)CC1. The molecule has 0 aromatic heterocycles. The van der Waals surface area contributed by atoms with Gasteiger partial charge in [0.15, 0.2) is 0 Å². The Hall–Kier alpha value is -0.120. The van der Waals surface area contributed by atoms with Crippen LogP contribution in [0.5, 0.6) is 0 Å². The molecule has 0 radical (unpaired) electrons. The molecule has 2 saturated carbocycles. The molecule has 1 N–H and O–H groups in total. The molecular weight excluding hydrogens is 238 g/mol. The lowest BCUT2D eigenvalue weighted by Gasteiger charge is -2.46. The van der Waals surface area contributed by atoms with Crippen molar-refractivity contribution in [3.8, 4) is 0 Å². The predicted octanol–water partition coefficient (Wildman–Crippen LogP) is 2.43. The van der Waals surface area contributed by atoms with E-state index in [4.69, 9.17) is 4.74 Å². The van der Waals surface area contributed by atoms with Crippen molar-refractivity contribution < 1.29 is 9.84 Å². The minimum atomic E-state index is 0.0597. The average molecular weight is 267 g/mol. The van der Waals surface area contributed by atoms with Gasteiger partial charge in [0.2, 0.25) is 0 Å². The van der Waals surface area contributed by atoms with Crippen LogP contribution in [0.25, 0.3) is 0 Å². The van der Waals surface area contributed by atoms with Gasteiger partial charge in [-0.25, -0.2) is 0 Å². The summed E-state index contributed by atoms with van der Waals surface area (Å²) in [5, 5.41) is 9.66. The summed E-state index contributed by atoms with van der Waals surface area (Å²) in [5.41, 5.74) is 0.0597. The highest BCUT2D eigenvalue weighted by Gasteiger charge is 2.45. The second-order valence-electron chi connectivity index (χ2n) is 7.14. The smallest absolute Gasteiger partial charge is 0.0579 e. The number of hydrogen-bond acceptors (Lipinski definition) is 3. The first kappa shape index (κ1) is 13.8. The van der Waals surface area contributed by atoms with Gasteiger partial charge in [-0.15, -0.1) is 0 Å². The summed E-state index contributed by atoms with van der Waals surface area (Å²) in [6.45, 7) is 5.21. The Bertz CT molecular complexity index is 286. The van der Waals surface area contributed by atoms with Crippen molar-refractivity contribution >= 4 is 0 Å². The van der Waals surface area contributed by atoms with E-state index in [1.807, 2.05) is 0 Å². The number of aliphatic hydroxyl groups is 1. The van der Waals surface area contributed by atoms with Gasteiger partial charge in [0, 0.05) is 18.6 Å². The zero-order chi connectivity index (χ0) is 13.3. The minimum absolute atomic E-state index is 0.0597. The van der Waals surface area contributed by atoms with Gasteiger partial charge in [-0.1, -0.05) is 13.3 Å². The summed E-state index contributed by atoms with van der Waals surface area (Å²) in [6, 6.07) is 1.59. The summed E-state index contributed by atoms with van der Waals surface area (Å²) < 4.78 is 5.37. The topological polar surface area (TPSA) is 32.7 Å². The number of nitrogens with zero attached hydrogens (tertiary/aromatic N) is 1. The highest BCUT2D eigenvalue weighted by molar-refractivity contribution is 4.97. The third kappa shape index (κ3) is 2.98. The zero-order valence-corrected chi connectivity index (χ0v) is 12.3. The van der Waals surface area contributed by atoms with Crippen LogP contribution >= 0.6 is 0 Å². The Morgan fingerprint density at radius 1 is 1.05 bits per heavy atom. The van der Waals surface area contributed by atoms with E-state index >= 15 is 0 Å². The van der Waals surface area contributed by atoms with E-state index in [-0.39, 0.29) is 5.41 Å². The van der Waals surface area contributed by atoms with Crippen LogP contribution in [-0.4, -0.2) is 48.5 Å². The van der Waals surface area contributed by atoms with Crippen molar-refractivity contribution in [2.24, 2.45) is 11.3 Å². The van der Waals surface area contributed by atoms with Crippen molar-refractivity contribution in [2.75, 3.05) is 26.4 Å². The maximum Gasteiger partial charge on any atom is 0.0579 e. The number of aliphatic hydroxyl groups excluding tert-OH is 1. The van der Waals surface area contributed by atoms with Crippen LogP contribution in [0.4, 0.5) is 0 Å². The Morgan fingerprint density at radius 3 is 2.00 bits per heavy atom. The summed E-state index contributed by atoms with van der Waals surface area (Å²) in [5.74, 6) is 0.969. The first-order valence-electron chi connectivity index (χ1n) is 8.21. The molecule has 3 heteroatoms. The van der Waals surface area contributed by atoms with Crippen LogP contribution in [0.2, 0.25) is 0 Å². The predicted molar refractivity (Wildman–Crippen MR) is 76.1 cm³/mol. The number of rotatable bonds is 6. The second-order valence-corrected chi connectivity index (χ2v) is 7.14. The van der Waals surface area contributed by atoms with Gasteiger partial charge in [0.25, 0.3) is 0 Å². The Balaban J connectivity index is 1.58. The molecule has 3 aliphatic rings. The molecule has 0 unspecified atom stereocenters. The fourth-order valence-electron chi connectivity index (χ4n) is 3.86. The monoisotopic (exact) mass is 267 g/mol. The number of hydrogen-bond donors (Lipinski definition) is 1. The van der Waals surface area contributed by atoms with Gasteiger partial charge >= 0.3 is 0 Å². The highest BCUT2D eigenvalue weighted by Crippen LogP contribution is 2.39. The van der Waals surface area contributed by atoms with E-state index in [0.29, 0.717) is 6.61 Å². The standard InChI is InChI=1S/C16H29NO2/c1-2-13-3-5-14(6-4-13)17(15-7-8-15)9-16(10-18)11-19-12-16/h13-15,18H,2-12H2,1H3. The maximum atomic E-state index is 9.66. The van der Waals surface area contributed by atoms with Crippen LogP contribution in [0.3, 0.4) is 0 Å². The Morgan fingerprint density at radius 2 is 1.63 bits per heavy atom. The molecule has 1 saturated heterocycles.